The molecule has 46 valence electrons. The molecule has 0 bridgehead atoms. The van der Waals surface area contributed by atoms with Gasteiger partial charge in [-0.1, -0.05) is 0 Å². The van der Waals surface area contributed by atoms with E-state index >= 15 is 0 Å². The van der Waals surface area contributed by atoms with Crippen LogP contribution in [-0.4, -0.2) is 16.7 Å². The van der Waals surface area contributed by atoms with Crippen LogP contribution < -0.4 is 0 Å². The van der Waals surface area contributed by atoms with Gasteiger partial charge in [-0.15, -0.1) is 0 Å². The molecule has 8 heavy (non-hydrogen) atoms. The molecule has 0 radical (unpaired) electrons. The molecule has 1 heterocycles. The van der Waals surface area contributed by atoms with E-state index < -0.39 is 0 Å². The summed E-state index contributed by atoms with van der Waals surface area (Å²) in [4.78, 5) is 10.4. The largest absolute Gasteiger partial charge is 0.451 e. The van der Waals surface area contributed by atoms with Crippen molar-refractivity contribution < 1.29 is 9.53 Å². The summed E-state index contributed by atoms with van der Waals surface area (Å²) in [6, 6.07) is 0. The van der Waals surface area contributed by atoms with E-state index in [1.54, 1.807) is 0 Å². The molecule has 1 aliphatic rings. The summed E-state index contributed by atoms with van der Waals surface area (Å²) >= 11 is 1.24. The fourth-order valence-electron chi connectivity index (χ4n) is 0.517. The molecular formula is C5H8O2S. The summed E-state index contributed by atoms with van der Waals surface area (Å²) in [5.41, 5.74) is -0.220. The van der Waals surface area contributed by atoms with Gasteiger partial charge in [-0.2, -0.15) is 0 Å². The van der Waals surface area contributed by atoms with Gasteiger partial charge >= 0.3 is 5.30 Å². The lowest BCUT2D eigenvalue weighted by atomic mass is 10.2. The third-order valence-corrected chi connectivity index (χ3v) is 2.06. The minimum absolute atomic E-state index is 0.144. The van der Waals surface area contributed by atoms with Gasteiger partial charge in [-0.3, -0.25) is 0 Å². The normalized spacial score (nSPS) is 25.5. The first kappa shape index (κ1) is 5.95. The smallest absolute Gasteiger partial charge is 0.367 e. The summed E-state index contributed by atoms with van der Waals surface area (Å²) in [6.07, 6.45) is 0. The van der Waals surface area contributed by atoms with E-state index in [9.17, 15) is 4.79 Å². The summed E-state index contributed by atoms with van der Waals surface area (Å²) in [7, 11) is 0. The van der Waals surface area contributed by atoms with Crippen LogP contribution in [0.1, 0.15) is 13.8 Å². The van der Waals surface area contributed by atoms with Crippen molar-refractivity contribution in [2.75, 3.05) is 5.75 Å². The standard InChI is InChI=1S/C5H8O2S/c1-5(2)3-8-4(6)7-5/h3H2,1-2H3. The van der Waals surface area contributed by atoms with Crippen LogP contribution in [0, 0.1) is 0 Å². The van der Waals surface area contributed by atoms with Crippen LogP contribution in [-0.2, 0) is 4.74 Å². The topological polar surface area (TPSA) is 26.3 Å². The second-order valence-corrected chi connectivity index (χ2v) is 3.31. The Balaban J connectivity index is 2.56. The molecule has 0 aromatic rings. The van der Waals surface area contributed by atoms with Crippen molar-refractivity contribution >= 4 is 17.1 Å². The first-order valence-electron chi connectivity index (χ1n) is 2.46. The van der Waals surface area contributed by atoms with Crippen LogP contribution in [0.3, 0.4) is 0 Å². The maximum atomic E-state index is 10.4. The van der Waals surface area contributed by atoms with Crippen LogP contribution in [0.4, 0.5) is 4.79 Å². The highest BCUT2D eigenvalue weighted by molar-refractivity contribution is 8.13. The molecule has 0 spiro atoms. The molecule has 2 nitrogen and oxygen atoms in total. The molecule has 0 aromatic heterocycles. The molecule has 0 aromatic carbocycles. The fraction of sp³-hybridized carbons (Fsp3) is 0.800. The highest BCUT2D eigenvalue weighted by atomic mass is 32.2. The number of thioether (sulfide) groups is 1. The van der Waals surface area contributed by atoms with E-state index in [1.165, 1.54) is 11.8 Å². The molecule has 1 aliphatic heterocycles. The molecule has 1 rings (SSSR count). The van der Waals surface area contributed by atoms with E-state index in [1.807, 2.05) is 13.8 Å². The SMILES string of the molecule is CC1(C)CSC(=O)O1. The molecule has 3 heteroatoms. The molecule has 1 saturated heterocycles. The Kier molecular flexibility index (Phi) is 1.23. The number of rotatable bonds is 0. The monoisotopic (exact) mass is 132 g/mol. The number of hydrogen-bond acceptors (Lipinski definition) is 3. The average Bonchev–Trinajstić information content (AvgIpc) is 1.82. The number of cyclic esters (lactones) is 1. The van der Waals surface area contributed by atoms with Crippen LogP contribution in [0.2, 0.25) is 0 Å². The molecule has 1 fully saturated rings. The second-order valence-electron chi connectivity index (χ2n) is 2.40. The highest BCUT2D eigenvalue weighted by Gasteiger charge is 2.31. The minimum Gasteiger partial charge on any atom is -0.451 e. The van der Waals surface area contributed by atoms with Crippen molar-refractivity contribution in [2.45, 2.75) is 19.4 Å². The highest BCUT2D eigenvalue weighted by Crippen LogP contribution is 2.27. The Labute approximate surface area is 52.6 Å². The Bertz CT molecular complexity index is 120. The Hall–Kier alpha value is -0.180. The molecular weight excluding hydrogens is 124 g/mol. The first-order valence-corrected chi connectivity index (χ1v) is 3.44. The van der Waals surface area contributed by atoms with E-state index in [-0.39, 0.29) is 10.9 Å². The number of carbonyl (C=O) groups excluding carboxylic acids is 1. The van der Waals surface area contributed by atoms with Gasteiger partial charge in [0.05, 0.1) is 0 Å². The fourth-order valence-corrected chi connectivity index (χ4v) is 1.33. The van der Waals surface area contributed by atoms with Gasteiger partial charge in [0.2, 0.25) is 0 Å². The Morgan fingerprint density at radius 2 is 2.38 bits per heavy atom. The van der Waals surface area contributed by atoms with Crippen LogP contribution in [0.25, 0.3) is 0 Å². The summed E-state index contributed by atoms with van der Waals surface area (Å²) in [5.74, 6) is 0.784. The Morgan fingerprint density at radius 3 is 2.50 bits per heavy atom. The van der Waals surface area contributed by atoms with Gasteiger partial charge in [-0.25, -0.2) is 4.79 Å². The predicted octanol–water partition coefficient (Wildman–Crippen LogP) is 1.65. The van der Waals surface area contributed by atoms with Crippen molar-refractivity contribution in [1.82, 2.24) is 0 Å². The molecule has 0 N–H and O–H groups in total. The molecule has 0 atom stereocenters. The molecule has 0 aliphatic carbocycles. The summed E-state index contributed by atoms with van der Waals surface area (Å²) in [5, 5.41) is -0.144. The van der Waals surface area contributed by atoms with E-state index in [4.69, 9.17) is 4.74 Å². The van der Waals surface area contributed by atoms with Gasteiger partial charge in [0, 0.05) is 5.75 Å². The number of carbonyl (C=O) groups is 1. The number of ether oxygens (including phenoxy) is 1. The lowest BCUT2D eigenvalue weighted by Gasteiger charge is -2.12. The van der Waals surface area contributed by atoms with E-state index in [0.717, 1.165) is 5.75 Å². The lowest BCUT2D eigenvalue weighted by Crippen LogP contribution is -2.20. The Morgan fingerprint density at radius 1 is 1.75 bits per heavy atom. The second kappa shape index (κ2) is 1.65. The lowest BCUT2D eigenvalue weighted by molar-refractivity contribution is 0.0875. The maximum Gasteiger partial charge on any atom is 0.367 e. The van der Waals surface area contributed by atoms with Gasteiger partial charge < -0.3 is 4.74 Å². The van der Waals surface area contributed by atoms with Crippen LogP contribution in [0.5, 0.6) is 0 Å². The zero-order chi connectivity index (χ0) is 6.20. The van der Waals surface area contributed by atoms with Crippen molar-refractivity contribution in [2.24, 2.45) is 0 Å². The van der Waals surface area contributed by atoms with Gasteiger partial charge in [0.1, 0.15) is 5.60 Å². The minimum atomic E-state index is -0.220. The van der Waals surface area contributed by atoms with Gasteiger partial charge in [0.25, 0.3) is 0 Å². The predicted molar refractivity (Wildman–Crippen MR) is 33.0 cm³/mol. The van der Waals surface area contributed by atoms with Crippen LogP contribution in [0.15, 0.2) is 0 Å². The van der Waals surface area contributed by atoms with Crippen molar-refractivity contribution in [3.8, 4) is 0 Å². The molecule has 0 unspecified atom stereocenters. The van der Waals surface area contributed by atoms with Crippen molar-refractivity contribution in [1.29, 1.82) is 0 Å². The zero-order valence-electron chi connectivity index (χ0n) is 4.93. The van der Waals surface area contributed by atoms with Crippen LogP contribution >= 0.6 is 11.8 Å². The molecule has 0 saturated carbocycles. The van der Waals surface area contributed by atoms with Gasteiger partial charge in [-0.05, 0) is 25.6 Å². The molecule has 0 amide bonds. The average molecular weight is 132 g/mol. The van der Waals surface area contributed by atoms with Crippen molar-refractivity contribution in [3.05, 3.63) is 0 Å². The number of hydrogen-bond donors (Lipinski definition) is 0. The first-order chi connectivity index (χ1) is 3.60. The summed E-state index contributed by atoms with van der Waals surface area (Å²) in [6.45, 7) is 3.82. The van der Waals surface area contributed by atoms with E-state index in [0.29, 0.717) is 0 Å². The van der Waals surface area contributed by atoms with E-state index in [2.05, 4.69) is 0 Å². The quantitative estimate of drug-likeness (QED) is 0.469. The zero-order valence-corrected chi connectivity index (χ0v) is 5.75. The summed E-state index contributed by atoms with van der Waals surface area (Å²) < 4.78 is 4.87. The van der Waals surface area contributed by atoms with Gasteiger partial charge in [0.15, 0.2) is 0 Å². The maximum absolute atomic E-state index is 10.4. The third-order valence-electron chi connectivity index (χ3n) is 0.897. The van der Waals surface area contributed by atoms with Crippen molar-refractivity contribution in [3.63, 3.8) is 0 Å². The third kappa shape index (κ3) is 1.15.